The first-order valence-electron chi connectivity index (χ1n) is 6.87. The van der Waals surface area contributed by atoms with Gasteiger partial charge in [0.15, 0.2) is 0 Å². The number of benzene rings is 1. The molecule has 112 valence electrons. The van der Waals surface area contributed by atoms with E-state index < -0.39 is 12.1 Å². The van der Waals surface area contributed by atoms with Crippen LogP contribution in [0.2, 0.25) is 0 Å². The minimum Gasteiger partial charge on any atom is -0.338 e. The summed E-state index contributed by atoms with van der Waals surface area (Å²) in [6, 6.07) is 3.44. The van der Waals surface area contributed by atoms with E-state index in [-0.39, 0.29) is 11.7 Å². The Labute approximate surface area is 130 Å². The van der Waals surface area contributed by atoms with Crippen molar-refractivity contribution in [1.82, 2.24) is 10.2 Å². The molecule has 3 rings (SSSR count). The Hall–Kier alpha value is -1.63. The molecule has 2 aliphatic rings. The minimum atomic E-state index is -0.468. The molecule has 1 aromatic rings. The molecule has 1 aliphatic carbocycles. The van der Waals surface area contributed by atoms with E-state index in [0.717, 1.165) is 12.8 Å². The third-order valence-corrected chi connectivity index (χ3v) is 4.37. The number of likely N-dealkylation sites (tertiary alicyclic amines) is 1. The molecule has 1 saturated carbocycles. The maximum absolute atomic E-state index is 13.0. The molecule has 0 unspecified atom stereocenters. The first-order chi connectivity index (χ1) is 10.0. The number of urea groups is 1. The van der Waals surface area contributed by atoms with E-state index in [1.54, 1.807) is 0 Å². The summed E-state index contributed by atoms with van der Waals surface area (Å²) < 4.78 is 13.4. The van der Waals surface area contributed by atoms with Gasteiger partial charge in [-0.3, -0.25) is 4.79 Å². The quantitative estimate of drug-likeness (QED) is 0.874. The van der Waals surface area contributed by atoms with Crippen molar-refractivity contribution in [3.8, 4) is 0 Å². The van der Waals surface area contributed by atoms with Crippen LogP contribution in [0.4, 0.5) is 14.9 Å². The van der Waals surface area contributed by atoms with E-state index in [4.69, 9.17) is 0 Å². The number of nitrogens with zero attached hydrogens (tertiary/aromatic N) is 1. The van der Waals surface area contributed by atoms with Crippen molar-refractivity contribution in [1.29, 1.82) is 0 Å². The van der Waals surface area contributed by atoms with E-state index in [0.29, 0.717) is 29.2 Å². The average molecular weight is 356 g/mol. The lowest BCUT2D eigenvalue weighted by Gasteiger charge is -2.16. The number of halogens is 2. The number of nitrogens with one attached hydrogen (secondary N) is 2. The fourth-order valence-electron chi connectivity index (χ4n) is 2.49. The molecule has 2 fully saturated rings. The van der Waals surface area contributed by atoms with Crippen LogP contribution in [0.15, 0.2) is 22.7 Å². The molecule has 5 nitrogen and oxygen atoms in total. The number of amides is 3. The molecule has 1 heterocycles. The number of anilines is 1. The molecule has 0 radical (unpaired) electrons. The van der Waals surface area contributed by atoms with Gasteiger partial charge >= 0.3 is 6.03 Å². The van der Waals surface area contributed by atoms with Crippen molar-refractivity contribution < 1.29 is 14.0 Å². The third kappa shape index (κ3) is 3.18. The largest absolute Gasteiger partial charge is 0.338 e. The van der Waals surface area contributed by atoms with Crippen molar-refractivity contribution in [2.45, 2.75) is 31.3 Å². The molecule has 0 spiro atoms. The van der Waals surface area contributed by atoms with Crippen LogP contribution in [0.25, 0.3) is 0 Å². The summed E-state index contributed by atoms with van der Waals surface area (Å²) in [5, 5.41) is 5.29. The van der Waals surface area contributed by atoms with Crippen LogP contribution in [0, 0.1) is 5.82 Å². The van der Waals surface area contributed by atoms with Crippen LogP contribution in [0.5, 0.6) is 0 Å². The highest BCUT2D eigenvalue weighted by Crippen LogP contribution is 2.30. The zero-order valence-electron chi connectivity index (χ0n) is 11.2. The standard InChI is InChI=1S/C14H15BrFN3O2/c15-10-7-8(16)1-4-11(10)17-14(21)18-12-5-6-19(13(12)20)9-2-3-9/h1,4,7,9,12H,2-3,5-6H2,(H2,17,18,21)/t12-/m0/s1. The molecule has 1 saturated heterocycles. The highest BCUT2D eigenvalue weighted by atomic mass is 79.9. The van der Waals surface area contributed by atoms with Gasteiger partial charge in [-0.15, -0.1) is 0 Å². The fourth-order valence-corrected chi connectivity index (χ4v) is 2.94. The topological polar surface area (TPSA) is 61.4 Å². The Kier molecular flexibility index (Phi) is 3.84. The predicted octanol–water partition coefficient (Wildman–Crippen LogP) is 2.47. The van der Waals surface area contributed by atoms with Gasteiger partial charge in [0.05, 0.1) is 5.69 Å². The summed E-state index contributed by atoms with van der Waals surface area (Å²) >= 11 is 3.18. The number of hydrogen-bond donors (Lipinski definition) is 2. The smallest absolute Gasteiger partial charge is 0.319 e. The lowest BCUT2D eigenvalue weighted by molar-refractivity contribution is -0.129. The summed E-state index contributed by atoms with van der Waals surface area (Å²) in [5.74, 6) is -0.398. The maximum Gasteiger partial charge on any atom is 0.319 e. The zero-order valence-corrected chi connectivity index (χ0v) is 12.8. The van der Waals surface area contributed by atoms with Gasteiger partial charge in [-0.05, 0) is 53.4 Å². The summed E-state index contributed by atoms with van der Waals surface area (Å²) in [6.45, 7) is 0.703. The van der Waals surface area contributed by atoms with Crippen LogP contribution in [0.3, 0.4) is 0 Å². The second-order valence-electron chi connectivity index (χ2n) is 5.33. The molecular weight excluding hydrogens is 341 g/mol. The Morgan fingerprint density at radius 1 is 1.33 bits per heavy atom. The van der Waals surface area contributed by atoms with E-state index in [9.17, 15) is 14.0 Å². The van der Waals surface area contributed by atoms with E-state index in [2.05, 4.69) is 26.6 Å². The summed E-state index contributed by atoms with van der Waals surface area (Å²) in [7, 11) is 0. The van der Waals surface area contributed by atoms with Crippen molar-refractivity contribution in [3.63, 3.8) is 0 Å². The molecule has 0 aromatic heterocycles. The van der Waals surface area contributed by atoms with Gasteiger partial charge in [-0.25, -0.2) is 9.18 Å². The SMILES string of the molecule is O=C(Nc1ccc(F)cc1Br)N[C@H]1CCN(C2CC2)C1=O. The molecule has 3 amide bonds. The van der Waals surface area contributed by atoms with E-state index in [1.807, 2.05) is 4.90 Å². The minimum absolute atomic E-state index is 0.00850. The zero-order chi connectivity index (χ0) is 15.0. The predicted molar refractivity (Wildman–Crippen MR) is 79.4 cm³/mol. The molecule has 1 aromatic carbocycles. The molecule has 7 heteroatoms. The molecule has 1 atom stereocenters. The van der Waals surface area contributed by atoms with Crippen molar-refractivity contribution in [2.75, 3.05) is 11.9 Å². The first kappa shape index (κ1) is 14.3. The van der Waals surface area contributed by atoms with Crippen LogP contribution in [-0.2, 0) is 4.79 Å². The lowest BCUT2D eigenvalue weighted by Crippen LogP contribution is -2.43. The number of rotatable bonds is 3. The lowest BCUT2D eigenvalue weighted by atomic mass is 10.2. The van der Waals surface area contributed by atoms with Crippen LogP contribution >= 0.6 is 15.9 Å². The Morgan fingerprint density at radius 2 is 2.10 bits per heavy atom. The van der Waals surface area contributed by atoms with Gasteiger partial charge in [0, 0.05) is 17.1 Å². The first-order valence-corrected chi connectivity index (χ1v) is 7.67. The Balaban J connectivity index is 1.58. The number of carbonyl (C=O) groups excluding carboxylic acids is 2. The van der Waals surface area contributed by atoms with Gasteiger partial charge in [0.2, 0.25) is 5.91 Å². The average Bonchev–Trinajstić information content (AvgIpc) is 3.20. The fraction of sp³-hybridized carbons (Fsp3) is 0.429. The monoisotopic (exact) mass is 355 g/mol. The highest BCUT2D eigenvalue weighted by molar-refractivity contribution is 9.10. The molecule has 21 heavy (non-hydrogen) atoms. The van der Waals surface area contributed by atoms with Gasteiger partial charge in [-0.2, -0.15) is 0 Å². The summed E-state index contributed by atoms with van der Waals surface area (Å²) in [5.41, 5.74) is 0.457. The second-order valence-corrected chi connectivity index (χ2v) is 6.18. The Bertz CT molecular complexity index is 592. The molecule has 2 N–H and O–H groups in total. The van der Waals surface area contributed by atoms with Crippen molar-refractivity contribution in [3.05, 3.63) is 28.5 Å². The van der Waals surface area contributed by atoms with E-state index >= 15 is 0 Å². The van der Waals surface area contributed by atoms with Gasteiger partial charge in [0.25, 0.3) is 0 Å². The third-order valence-electron chi connectivity index (χ3n) is 3.71. The van der Waals surface area contributed by atoms with Crippen molar-refractivity contribution in [2.24, 2.45) is 0 Å². The molecule has 1 aliphatic heterocycles. The van der Waals surface area contributed by atoms with Gasteiger partial charge in [-0.1, -0.05) is 0 Å². The van der Waals surface area contributed by atoms with Crippen LogP contribution < -0.4 is 10.6 Å². The van der Waals surface area contributed by atoms with E-state index in [1.165, 1.54) is 18.2 Å². The summed E-state index contributed by atoms with van der Waals surface area (Å²) in [6.07, 6.45) is 2.76. The molecule has 0 bridgehead atoms. The van der Waals surface area contributed by atoms with Crippen LogP contribution in [0.1, 0.15) is 19.3 Å². The Morgan fingerprint density at radius 3 is 2.76 bits per heavy atom. The highest BCUT2D eigenvalue weighted by Gasteiger charge is 2.40. The maximum atomic E-state index is 13.0. The number of hydrogen-bond acceptors (Lipinski definition) is 2. The van der Waals surface area contributed by atoms with Crippen molar-refractivity contribution >= 4 is 33.6 Å². The molecular formula is C14H15BrFN3O2. The number of carbonyl (C=O) groups is 2. The van der Waals surface area contributed by atoms with Crippen LogP contribution in [-0.4, -0.2) is 35.5 Å². The van der Waals surface area contributed by atoms with Gasteiger partial charge < -0.3 is 15.5 Å². The normalized spacial score (nSPS) is 21.5. The second kappa shape index (κ2) is 5.63. The van der Waals surface area contributed by atoms with Gasteiger partial charge in [0.1, 0.15) is 11.9 Å². The summed E-state index contributed by atoms with van der Waals surface area (Å²) in [4.78, 5) is 25.9.